The minimum absolute atomic E-state index is 0.314. The van der Waals surface area contributed by atoms with Crippen molar-refractivity contribution in [2.24, 2.45) is 16.7 Å². The molecule has 0 bridgehead atoms. The molecule has 0 unspecified atom stereocenters. The highest BCUT2D eigenvalue weighted by molar-refractivity contribution is 7.80. The van der Waals surface area contributed by atoms with Gasteiger partial charge in [-0.2, -0.15) is 0 Å². The summed E-state index contributed by atoms with van der Waals surface area (Å²) in [6.07, 6.45) is 0. The number of hydrogen-bond acceptors (Lipinski definition) is 5. The third-order valence-corrected chi connectivity index (χ3v) is 4.09. The first-order chi connectivity index (χ1) is 12.5. The van der Waals surface area contributed by atoms with Crippen LogP contribution in [0.4, 0.5) is 11.4 Å². The molecule has 0 radical (unpaired) electrons. The highest BCUT2D eigenvalue weighted by Gasteiger charge is 2.09. The number of nitrogens with zero attached hydrogens (tertiary/aromatic N) is 2. The fourth-order valence-corrected chi connectivity index (χ4v) is 2.81. The lowest BCUT2D eigenvalue weighted by atomic mass is 10.1. The van der Waals surface area contributed by atoms with Gasteiger partial charge in [0.15, 0.2) is 5.84 Å². The molecular formula is C20H21N5S. The van der Waals surface area contributed by atoms with Crippen LogP contribution in [0.5, 0.6) is 0 Å². The van der Waals surface area contributed by atoms with Gasteiger partial charge in [0.2, 0.25) is 0 Å². The molecule has 0 saturated carbocycles. The fourth-order valence-electron chi connectivity index (χ4n) is 2.61. The number of rotatable bonds is 5. The van der Waals surface area contributed by atoms with E-state index < -0.39 is 0 Å². The maximum absolute atomic E-state index is 6.07. The predicted molar refractivity (Wildman–Crippen MR) is 112 cm³/mol. The maximum Gasteiger partial charge on any atom is 0.154 e. The lowest BCUT2D eigenvalue weighted by Gasteiger charge is -2.14. The molecule has 0 aliphatic heterocycles. The average molecular weight is 363 g/mol. The van der Waals surface area contributed by atoms with E-state index in [4.69, 9.17) is 11.6 Å². The second-order valence-corrected chi connectivity index (χ2v) is 6.37. The summed E-state index contributed by atoms with van der Waals surface area (Å²) in [6.45, 7) is 0. The molecule has 3 aromatic rings. The topological polar surface area (TPSA) is 79.7 Å². The van der Waals surface area contributed by atoms with Gasteiger partial charge in [-0.1, -0.05) is 42.5 Å². The van der Waals surface area contributed by atoms with Gasteiger partial charge < -0.3 is 11.1 Å². The molecule has 0 spiro atoms. The molecule has 0 atom stereocenters. The van der Waals surface area contributed by atoms with Gasteiger partial charge in [-0.25, -0.2) is 11.0 Å². The molecule has 26 heavy (non-hydrogen) atoms. The van der Waals surface area contributed by atoms with E-state index in [1.165, 1.54) is 10.7 Å². The Morgan fingerprint density at radius 2 is 1.62 bits per heavy atom. The van der Waals surface area contributed by atoms with Gasteiger partial charge in [-0.3, -0.25) is 0 Å². The summed E-state index contributed by atoms with van der Waals surface area (Å²) in [7, 11) is 1.62. The standard InChI is InChI=1S/C20H21N5S/c1-25(22)24-20(21)18-13-17(26)11-12-19(18)23-16-9-7-15(8-10-16)14-5-3-2-4-6-14/h2-13,23,26H,22H2,1H3,(H2,21,24). The van der Waals surface area contributed by atoms with Crippen molar-refractivity contribution in [1.82, 2.24) is 5.12 Å². The summed E-state index contributed by atoms with van der Waals surface area (Å²) in [5, 5.41) is 8.63. The van der Waals surface area contributed by atoms with Crippen LogP contribution in [0.15, 0.2) is 82.8 Å². The number of hydrogen-bond donors (Lipinski definition) is 4. The van der Waals surface area contributed by atoms with Gasteiger partial charge in [0, 0.05) is 28.9 Å². The average Bonchev–Trinajstić information content (AvgIpc) is 2.64. The summed E-state index contributed by atoms with van der Waals surface area (Å²) in [5.41, 5.74) is 10.9. The van der Waals surface area contributed by atoms with Gasteiger partial charge in [0.05, 0.1) is 0 Å². The first-order valence-corrected chi connectivity index (χ1v) is 8.56. The number of amidine groups is 1. The van der Waals surface area contributed by atoms with Crippen molar-refractivity contribution in [2.45, 2.75) is 4.90 Å². The molecule has 0 heterocycles. The van der Waals surface area contributed by atoms with Gasteiger partial charge >= 0.3 is 0 Å². The van der Waals surface area contributed by atoms with Crippen LogP contribution in [-0.4, -0.2) is 18.0 Å². The van der Waals surface area contributed by atoms with E-state index in [-0.39, 0.29) is 0 Å². The van der Waals surface area contributed by atoms with Crippen molar-refractivity contribution in [1.29, 1.82) is 0 Å². The SMILES string of the molecule is CN(N)/N=C(\N)c1cc(S)ccc1Nc1ccc(-c2ccccc2)cc1. The normalized spacial score (nSPS) is 11.3. The van der Waals surface area contributed by atoms with Crippen LogP contribution in [0.3, 0.4) is 0 Å². The van der Waals surface area contributed by atoms with E-state index in [1.54, 1.807) is 7.05 Å². The first-order valence-electron chi connectivity index (χ1n) is 8.11. The third-order valence-electron chi connectivity index (χ3n) is 3.82. The van der Waals surface area contributed by atoms with E-state index in [2.05, 4.69) is 47.3 Å². The zero-order valence-corrected chi connectivity index (χ0v) is 15.3. The largest absolute Gasteiger partial charge is 0.382 e. The Kier molecular flexibility index (Phi) is 5.46. The Hall–Kier alpha value is -2.96. The van der Waals surface area contributed by atoms with Gasteiger partial charge in [0.25, 0.3) is 0 Å². The fraction of sp³-hybridized carbons (Fsp3) is 0.0500. The van der Waals surface area contributed by atoms with Crippen molar-refractivity contribution in [3.63, 3.8) is 0 Å². The lowest BCUT2D eigenvalue weighted by Crippen LogP contribution is -2.26. The molecule has 3 aromatic carbocycles. The molecule has 3 rings (SSSR count). The maximum atomic E-state index is 6.07. The van der Waals surface area contributed by atoms with E-state index >= 15 is 0 Å². The molecule has 0 aliphatic carbocycles. The second kappa shape index (κ2) is 7.95. The Bertz CT molecular complexity index is 905. The zero-order valence-electron chi connectivity index (χ0n) is 14.4. The van der Waals surface area contributed by atoms with Gasteiger partial charge in [0.1, 0.15) is 0 Å². The summed E-state index contributed by atoms with van der Waals surface area (Å²) in [4.78, 5) is 0.794. The minimum Gasteiger partial charge on any atom is -0.382 e. The monoisotopic (exact) mass is 363 g/mol. The molecule has 6 heteroatoms. The number of hydrazine groups is 1. The highest BCUT2D eigenvalue weighted by Crippen LogP contribution is 2.26. The number of benzene rings is 3. The molecule has 132 valence electrons. The van der Waals surface area contributed by atoms with Gasteiger partial charge in [-0.05, 0) is 41.5 Å². The van der Waals surface area contributed by atoms with Crippen molar-refractivity contribution >= 4 is 29.8 Å². The van der Waals surface area contributed by atoms with Crippen molar-refractivity contribution in [3.8, 4) is 11.1 Å². The molecule has 0 saturated heterocycles. The van der Waals surface area contributed by atoms with Crippen molar-refractivity contribution < 1.29 is 0 Å². The van der Waals surface area contributed by atoms with Crippen molar-refractivity contribution in [3.05, 3.63) is 78.4 Å². The second-order valence-electron chi connectivity index (χ2n) is 5.86. The summed E-state index contributed by atoms with van der Waals surface area (Å²) in [5.74, 6) is 5.88. The number of nitrogens with one attached hydrogen (secondary N) is 1. The molecule has 0 amide bonds. The number of hydrazone groups is 1. The highest BCUT2D eigenvalue weighted by atomic mass is 32.1. The molecule has 0 fully saturated rings. The Morgan fingerprint density at radius 3 is 2.27 bits per heavy atom. The third kappa shape index (κ3) is 4.36. The quantitative estimate of drug-likeness (QED) is 0.183. The van der Waals surface area contributed by atoms with E-state index in [1.807, 2.05) is 48.5 Å². The van der Waals surface area contributed by atoms with E-state index in [0.29, 0.717) is 5.84 Å². The Morgan fingerprint density at radius 1 is 0.962 bits per heavy atom. The molecule has 0 aliphatic rings. The van der Waals surface area contributed by atoms with E-state index in [0.717, 1.165) is 27.4 Å². The molecule has 5 N–H and O–H groups in total. The summed E-state index contributed by atoms with van der Waals surface area (Å²) in [6, 6.07) is 24.1. The number of nitrogens with two attached hydrogens (primary N) is 2. The Balaban J connectivity index is 1.87. The lowest BCUT2D eigenvalue weighted by molar-refractivity contribution is 0.371. The minimum atomic E-state index is 0.314. The Labute approximate surface area is 158 Å². The summed E-state index contributed by atoms with van der Waals surface area (Å²) >= 11 is 4.38. The molecular weight excluding hydrogens is 342 g/mol. The molecule has 5 nitrogen and oxygen atoms in total. The first kappa shape index (κ1) is 17.8. The van der Waals surface area contributed by atoms with Crippen LogP contribution in [0.2, 0.25) is 0 Å². The zero-order chi connectivity index (χ0) is 18.5. The van der Waals surface area contributed by atoms with Crippen LogP contribution >= 0.6 is 12.6 Å². The summed E-state index contributed by atoms with van der Waals surface area (Å²) < 4.78 is 0. The molecule has 0 aromatic heterocycles. The van der Waals surface area contributed by atoms with Crippen LogP contribution in [0.1, 0.15) is 5.56 Å². The van der Waals surface area contributed by atoms with Crippen molar-refractivity contribution in [2.75, 3.05) is 12.4 Å². The number of anilines is 2. The smallest absolute Gasteiger partial charge is 0.154 e. The van der Waals surface area contributed by atoms with Crippen LogP contribution in [-0.2, 0) is 0 Å². The van der Waals surface area contributed by atoms with Crippen LogP contribution in [0, 0.1) is 0 Å². The number of thiol groups is 1. The van der Waals surface area contributed by atoms with E-state index in [9.17, 15) is 0 Å². The van der Waals surface area contributed by atoms with Crippen LogP contribution < -0.4 is 16.9 Å². The predicted octanol–water partition coefficient (Wildman–Crippen LogP) is 3.81. The van der Waals surface area contributed by atoms with Gasteiger partial charge in [-0.15, -0.1) is 17.7 Å². The van der Waals surface area contributed by atoms with Crippen LogP contribution in [0.25, 0.3) is 11.1 Å².